The van der Waals surface area contributed by atoms with Crippen LogP contribution in [0.2, 0.25) is 0 Å². The summed E-state index contributed by atoms with van der Waals surface area (Å²) in [5.74, 6) is 1.19. The lowest BCUT2D eigenvalue weighted by molar-refractivity contribution is -0.113. The molecule has 9 nitrogen and oxygen atoms in total. The van der Waals surface area contributed by atoms with Gasteiger partial charge in [0.2, 0.25) is 11.8 Å². The van der Waals surface area contributed by atoms with Gasteiger partial charge in [0.05, 0.1) is 26.0 Å². The number of hydrogen-bond donors (Lipinski definition) is 1. The van der Waals surface area contributed by atoms with E-state index in [0.717, 1.165) is 22.4 Å². The van der Waals surface area contributed by atoms with E-state index < -0.39 is 0 Å². The number of anilines is 1. The number of methoxy groups -OCH3 is 2. The molecule has 1 aromatic carbocycles. The fraction of sp³-hybridized carbons (Fsp3) is 0.400. The minimum Gasteiger partial charge on any atom is -0.479 e. The van der Waals surface area contributed by atoms with Crippen LogP contribution < -0.4 is 10.1 Å². The third-order valence-corrected chi connectivity index (χ3v) is 5.64. The van der Waals surface area contributed by atoms with E-state index in [1.807, 2.05) is 49.9 Å². The molecule has 0 fully saturated rings. The van der Waals surface area contributed by atoms with E-state index in [0.29, 0.717) is 30.0 Å². The summed E-state index contributed by atoms with van der Waals surface area (Å²) in [7, 11) is 5.02. The molecule has 30 heavy (non-hydrogen) atoms. The molecule has 160 valence electrons. The molecule has 2 heterocycles. The van der Waals surface area contributed by atoms with Crippen LogP contribution in [0.3, 0.4) is 0 Å². The maximum absolute atomic E-state index is 12.5. The molecule has 1 amide bonds. The summed E-state index contributed by atoms with van der Waals surface area (Å²) < 4.78 is 14.2. The minimum absolute atomic E-state index is 0.101. The lowest BCUT2D eigenvalue weighted by Crippen LogP contribution is -2.16. The Balaban J connectivity index is 1.77. The highest BCUT2D eigenvalue weighted by molar-refractivity contribution is 7.99. The molecule has 0 saturated carbocycles. The number of hydrogen-bond acceptors (Lipinski definition) is 7. The molecule has 2 aromatic heterocycles. The van der Waals surface area contributed by atoms with Gasteiger partial charge in [-0.05, 0) is 31.0 Å². The van der Waals surface area contributed by atoms with Crippen LogP contribution >= 0.6 is 11.8 Å². The zero-order chi connectivity index (χ0) is 21.7. The van der Waals surface area contributed by atoms with Crippen molar-refractivity contribution >= 4 is 23.4 Å². The summed E-state index contributed by atoms with van der Waals surface area (Å²) in [6, 6.07) is 5.85. The third kappa shape index (κ3) is 4.82. The third-order valence-electron chi connectivity index (χ3n) is 4.68. The molecule has 0 radical (unpaired) electrons. The number of ether oxygens (including phenoxy) is 2. The second-order valence-electron chi connectivity index (χ2n) is 6.76. The number of nitrogens with one attached hydrogen (secondary N) is 1. The molecule has 3 rings (SSSR count). The van der Waals surface area contributed by atoms with Gasteiger partial charge in [-0.25, -0.2) is 0 Å². The van der Waals surface area contributed by atoms with Gasteiger partial charge < -0.3 is 14.8 Å². The van der Waals surface area contributed by atoms with Crippen molar-refractivity contribution in [1.82, 2.24) is 24.5 Å². The van der Waals surface area contributed by atoms with Crippen LogP contribution in [0.5, 0.6) is 5.88 Å². The first kappa shape index (κ1) is 21.8. The van der Waals surface area contributed by atoms with Crippen molar-refractivity contribution in [3.63, 3.8) is 0 Å². The Morgan fingerprint density at radius 3 is 2.77 bits per heavy atom. The van der Waals surface area contributed by atoms with Crippen LogP contribution in [0.1, 0.15) is 11.1 Å². The van der Waals surface area contributed by atoms with Gasteiger partial charge in [-0.15, -0.1) is 15.3 Å². The molecule has 0 atom stereocenters. The van der Waals surface area contributed by atoms with Gasteiger partial charge in [0.1, 0.15) is 5.56 Å². The standard InChI is InChI=1S/C20H26N6O3S/c1-13-7-6-8-16(14(13)2)21-17(27)12-30-20-23-22-18(26(20)9-10-28-4)15-11-25(3)24-19(15)29-5/h6-8,11H,9-10,12H2,1-5H3,(H,21,27). The van der Waals surface area contributed by atoms with E-state index in [1.165, 1.54) is 11.8 Å². The highest BCUT2D eigenvalue weighted by Crippen LogP contribution is 2.30. The SMILES string of the molecule is COCCn1c(SCC(=O)Nc2cccc(C)c2C)nnc1-c1cn(C)nc1OC. The highest BCUT2D eigenvalue weighted by Gasteiger charge is 2.21. The molecule has 0 aliphatic heterocycles. The molecule has 0 aliphatic carbocycles. The first-order valence-electron chi connectivity index (χ1n) is 9.43. The molecule has 0 aliphatic rings. The number of amides is 1. The second-order valence-corrected chi connectivity index (χ2v) is 7.70. The zero-order valence-electron chi connectivity index (χ0n) is 17.8. The molecule has 1 N–H and O–H groups in total. The van der Waals surface area contributed by atoms with Gasteiger partial charge in [0, 0.05) is 26.0 Å². The first-order chi connectivity index (χ1) is 14.4. The number of carbonyl (C=O) groups is 1. The van der Waals surface area contributed by atoms with E-state index in [2.05, 4.69) is 20.6 Å². The Hall–Kier alpha value is -2.85. The molecule has 0 bridgehead atoms. The first-order valence-corrected chi connectivity index (χ1v) is 10.4. The average Bonchev–Trinajstić information content (AvgIpc) is 3.30. The average molecular weight is 431 g/mol. The van der Waals surface area contributed by atoms with Crippen molar-refractivity contribution in [2.45, 2.75) is 25.5 Å². The van der Waals surface area contributed by atoms with Gasteiger partial charge in [0.15, 0.2) is 11.0 Å². The summed E-state index contributed by atoms with van der Waals surface area (Å²) >= 11 is 1.32. The molecular weight excluding hydrogens is 404 g/mol. The highest BCUT2D eigenvalue weighted by atomic mass is 32.2. The van der Waals surface area contributed by atoms with E-state index >= 15 is 0 Å². The predicted octanol–water partition coefficient (Wildman–Crippen LogP) is 2.68. The monoisotopic (exact) mass is 430 g/mol. The van der Waals surface area contributed by atoms with Crippen LogP contribution in [-0.4, -0.2) is 57.0 Å². The number of aryl methyl sites for hydroxylation is 2. The van der Waals surface area contributed by atoms with Gasteiger partial charge in [-0.3, -0.25) is 14.0 Å². The lowest BCUT2D eigenvalue weighted by atomic mass is 10.1. The zero-order valence-corrected chi connectivity index (χ0v) is 18.6. The van der Waals surface area contributed by atoms with Crippen molar-refractivity contribution in [3.05, 3.63) is 35.5 Å². The van der Waals surface area contributed by atoms with Gasteiger partial charge >= 0.3 is 0 Å². The van der Waals surface area contributed by atoms with E-state index in [-0.39, 0.29) is 11.7 Å². The van der Waals surface area contributed by atoms with Crippen LogP contribution in [0.25, 0.3) is 11.4 Å². The molecule has 0 spiro atoms. The summed E-state index contributed by atoms with van der Waals surface area (Å²) in [5.41, 5.74) is 3.75. The van der Waals surface area contributed by atoms with E-state index in [1.54, 1.807) is 18.9 Å². The van der Waals surface area contributed by atoms with Crippen LogP contribution in [0, 0.1) is 13.8 Å². The maximum atomic E-state index is 12.5. The fourth-order valence-electron chi connectivity index (χ4n) is 2.95. The van der Waals surface area contributed by atoms with Crippen LogP contribution in [0.4, 0.5) is 5.69 Å². The van der Waals surface area contributed by atoms with Crippen molar-refractivity contribution in [2.75, 3.05) is 31.9 Å². The minimum atomic E-state index is -0.101. The number of nitrogens with zero attached hydrogens (tertiary/aromatic N) is 5. The Kier molecular flexibility index (Phi) is 7.11. The number of thioether (sulfide) groups is 1. The van der Waals surface area contributed by atoms with E-state index in [4.69, 9.17) is 9.47 Å². The Morgan fingerprint density at radius 1 is 1.23 bits per heavy atom. The maximum Gasteiger partial charge on any atom is 0.243 e. The molecule has 3 aromatic rings. The number of aromatic nitrogens is 5. The van der Waals surface area contributed by atoms with Gasteiger partial charge in [-0.2, -0.15) is 0 Å². The number of benzene rings is 1. The Morgan fingerprint density at radius 2 is 2.03 bits per heavy atom. The molecule has 0 unspecified atom stereocenters. The molecule has 10 heteroatoms. The number of rotatable bonds is 9. The largest absolute Gasteiger partial charge is 0.479 e. The van der Waals surface area contributed by atoms with Crippen molar-refractivity contribution < 1.29 is 14.3 Å². The summed E-state index contributed by atoms with van der Waals surface area (Å²) in [6.45, 7) is 5.03. The lowest BCUT2D eigenvalue weighted by Gasteiger charge is -2.11. The smallest absolute Gasteiger partial charge is 0.243 e. The summed E-state index contributed by atoms with van der Waals surface area (Å²) in [6.07, 6.45) is 1.83. The predicted molar refractivity (Wildman–Crippen MR) is 116 cm³/mol. The summed E-state index contributed by atoms with van der Waals surface area (Å²) in [5, 5.41) is 16.5. The topological polar surface area (TPSA) is 96.1 Å². The van der Waals surface area contributed by atoms with Crippen LogP contribution in [-0.2, 0) is 23.1 Å². The Labute approximate surface area is 179 Å². The summed E-state index contributed by atoms with van der Waals surface area (Å²) in [4.78, 5) is 12.5. The van der Waals surface area contributed by atoms with Crippen molar-refractivity contribution in [1.29, 1.82) is 0 Å². The quantitative estimate of drug-likeness (QED) is 0.521. The fourth-order valence-corrected chi connectivity index (χ4v) is 3.72. The molecular formula is C20H26N6O3S. The van der Waals surface area contributed by atoms with Crippen LogP contribution in [0.15, 0.2) is 29.6 Å². The van der Waals surface area contributed by atoms with Crippen molar-refractivity contribution in [2.24, 2.45) is 7.05 Å². The second kappa shape index (κ2) is 9.77. The molecule has 0 saturated heterocycles. The van der Waals surface area contributed by atoms with Gasteiger partial charge in [0.25, 0.3) is 0 Å². The normalized spacial score (nSPS) is 11.0. The number of carbonyl (C=O) groups excluding carboxylic acids is 1. The van der Waals surface area contributed by atoms with Gasteiger partial charge in [-0.1, -0.05) is 23.9 Å². The van der Waals surface area contributed by atoms with Crippen molar-refractivity contribution in [3.8, 4) is 17.3 Å². The van der Waals surface area contributed by atoms with E-state index in [9.17, 15) is 4.79 Å². The Bertz CT molecular complexity index is 1030.